The molecule has 5 rings (SSSR count). The molecule has 0 bridgehead atoms. The van der Waals surface area contributed by atoms with Crippen molar-refractivity contribution in [2.24, 2.45) is 17.8 Å². The minimum absolute atomic E-state index is 0.0344. The first kappa shape index (κ1) is 19.6. The number of Topliss-reactive ketones (excluding diaryl/α,β-unsaturated/α-hetero) is 1. The van der Waals surface area contributed by atoms with E-state index >= 15 is 0 Å². The van der Waals surface area contributed by atoms with Gasteiger partial charge >= 0.3 is 0 Å². The molecule has 3 aliphatic carbocycles. The molecule has 0 unspecified atom stereocenters. The van der Waals surface area contributed by atoms with Gasteiger partial charge in [0.1, 0.15) is 5.75 Å². The molecule has 2 amide bonds. The lowest BCUT2D eigenvalue weighted by molar-refractivity contribution is -0.173. The molecule has 158 valence electrons. The number of carbonyl (C=O) groups is 4. The summed E-state index contributed by atoms with van der Waals surface area (Å²) in [5.41, 5.74) is 2.85. The molecule has 0 spiro atoms. The van der Waals surface area contributed by atoms with Gasteiger partial charge in [-0.15, -0.1) is 0 Å². The van der Waals surface area contributed by atoms with E-state index in [4.69, 9.17) is 0 Å². The van der Waals surface area contributed by atoms with Crippen molar-refractivity contribution in [1.29, 1.82) is 0 Å². The summed E-state index contributed by atoms with van der Waals surface area (Å²) in [5.74, 6) is -4.51. The van der Waals surface area contributed by atoms with Crippen molar-refractivity contribution in [3.63, 3.8) is 0 Å². The number of phenolic OH excluding ortho intramolecular Hbond substituents is 1. The second-order valence-corrected chi connectivity index (χ2v) is 8.73. The average molecular weight is 419 g/mol. The highest BCUT2D eigenvalue weighted by Gasteiger charge is 2.56. The van der Waals surface area contributed by atoms with E-state index in [1.807, 2.05) is 6.08 Å². The van der Waals surface area contributed by atoms with Crippen LogP contribution in [0.2, 0.25) is 0 Å². The quantitative estimate of drug-likeness (QED) is 0.313. The lowest BCUT2D eigenvalue weighted by Crippen LogP contribution is -2.39. The van der Waals surface area contributed by atoms with Crippen LogP contribution < -0.4 is 0 Å². The smallest absolute Gasteiger partial charge is 0.257 e. The number of carbonyl (C=O) groups excluding carboxylic acids is 4. The number of allylic oxidation sites excluding steroid dienone is 6. The highest BCUT2D eigenvalue weighted by atomic mass is 16.5. The van der Waals surface area contributed by atoms with Crippen LogP contribution in [-0.4, -0.2) is 38.8 Å². The fraction of sp³-hybridized carbons (Fsp3) is 0.333. The highest BCUT2D eigenvalue weighted by molar-refractivity contribution is 6.23. The van der Waals surface area contributed by atoms with Gasteiger partial charge in [-0.2, -0.15) is 5.06 Å². The summed E-state index contributed by atoms with van der Waals surface area (Å²) in [6, 6.07) is 5.24. The van der Waals surface area contributed by atoms with Crippen LogP contribution in [0, 0.1) is 24.7 Å². The summed E-state index contributed by atoms with van der Waals surface area (Å²) in [7, 11) is 0. The molecule has 0 aromatic heterocycles. The minimum Gasteiger partial charge on any atom is -0.507 e. The lowest BCUT2D eigenvalue weighted by Gasteiger charge is -2.42. The second kappa shape index (κ2) is 6.59. The van der Waals surface area contributed by atoms with Crippen LogP contribution in [0.1, 0.15) is 36.8 Å². The van der Waals surface area contributed by atoms with Crippen LogP contribution in [0.15, 0.2) is 52.6 Å². The largest absolute Gasteiger partial charge is 0.507 e. The third-order valence-electron chi connectivity index (χ3n) is 7.12. The molecule has 1 fully saturated rings. The van der Waals surface area contributed by atoms with E-state index in [2.05, 4.69) is 0 Å². The summed E-state index contributed by atoms with van der Waals surface area (Å²) >= 11 is 0. The Balaban J connectivity index is 1.75. The Kier molecular flexibility index (Phi) is 4.17. The van der Waals surface area contributed by atoms with Gasteiger partial charge in [0.05, 0.1) is 11.8 Å². The zero-order valence-electron chi connectivity index (χ0n) is 17.1. The normalized spacial score (nSPS) is 30.1. The number of hydroxylamine groups is 2. The molecule has 1 heterocycles. The molecule has 0 radical (unpaired) electrons. The maximum absolute atomic E-state index is 13.1. The van der Waals surface area contributed by atoms with E-state index in [1.54, 1.807) is 32.0 Å². The van der Waals surface area contributed by atoms with Crippen molar-refractivity contribution >= 4 is 23.4 Å². The first-order chi connectivity index (χ1) is 14.7. The van der Waals surface area contributed by atoms with E-state index < -0.39 is 35.5 Å². The molecule has 31 heavy (non-hydrogen) atoms. The summed E-state index contributed by atoms with van der Waals surface area (Å²) in [4.78, 5) is 51.2. The number of nitrogens with zero attached hydrogens (tertiary/aromatic N) is 1. The molecule has 1 aromatic carbocycles. The summed E-state index contributed by atoms with van der Waals surface area (Å²) in [6.45, 7) is 3.33. The molecular weight excluding hydrogens is 398 g/mol. The number of ketones is 2. The number of imide groups is 1. The van der Waals surface area contributed by atoms with Crippen LogP contribution in [0.4, 0.5) is 0 Å². The van der Waals surface area contributed by atoms with Gasteiger partial charge in [-0.05, 0) is 44.2 Å². The van der Waals surface area contributed by atoms with Crippen LogP contribution in [0.3, 0.4) is 0 Å². The highest BCUT2D eigenvalue weighted by Crippen LogP contribution is 2.55. The zero-order chi connectivity index (χ0) is 22.2. The number of hydrogen-bond acceptors (Lipinski definition) is 6. The van der Waals surface area contributed by atoms with Crippen molar-refractivity contribution in [2.75, 3.05) is 0 Å². The molecule has 4 aliphatic rings. The summed E-state index contributed by atoms with van der Waals surface area (Å²) in [5, 5.41) is 21.0. The molecule has 2 N–H and O–H groups in total. The Hall–Kier alpha value is -3.32. The fourth-order valence-corrected chi connectivity index (χ4v) is 5.64. The predicted octanol–water partition coefficient (Wildman–Crippen LogP) is 2.52. The van der Waals surface area contributed by atoms with Crippen molar-refractivity contribution in [1.82, 2.24) is 5.06 Å². The van der Waals surface area contributed by atoms with E-state index in [0.29, 0.717) is 27.8 Å². The Bertz CT molecular complexity index is 1190. The fourth-order valence-electron chi connectivity index (χ4n) is 5.64. The number of amides is 2. The molecule has 4 atom stereocenters. The van der Waals surface area contributed by atoms with Crippen molar-refractivity contribution in [3.05, 3.63) is 63.8 Å². The van der Waals surface area contributed by atoms with Crippen molar-refractivity contribution < 1.29 is 29.5 Å². The maximum Gasteiger partial charge on any atom is 0.257 e. The van der Waals surface area contributed by atoms with E-state index in [-0.39, 0.29) is 35.2 Å². The number of aromatic hydroxyl groups is 1. The standard InChI is InChI=1S/C24H21NO6/c1-10-4-3-5-13(21(10)27)18-12-6-7-14-19(24(30)25(31)23(14)29)15(12)9-16-20(18)17(26)8-11(2)22(16)28/h3-6,8,14-15,18-19,27,31H,7,9H2,1-2H3/t14-,15+,18+,19-/m0/s1. The summed E-state index contributed by atoms with van der Waals surface area (Å²) in [6.07, 6.45) is 3.57. The summed E-state index contributed by atoms with van der Waals surface area (Å²) < 4.78 is 0. The predicted molar refractivity (Wildman–Crippen MR) is 108 cm³/mol. The van der Waals surface area contributed by atoms with Gasteiger partial charge in [-0.25, -0.2) is 0 Å². The molecule has 1 aromatic rings. The molecule has 7 nitrogen and oxygen atoms in total. The molecule has 1 aliphatic heterocycles. The van der Waals surface area contributed by atoms with Gasteiger partial charge in [0, 0.05) is 28.2 Å². The topological polar surface area (TPSA) is 112 Å². The molecule has 0 saturated carbocycles. The number of fused-ring (bicyclic) bond motifs is 3. The van der Waals surface area contributed by atoms with E-state index in [9.17, 15) is 29.5 Å². The van der Waals surface area contributed by atoms with Crippen LogP contribution >= 0.6 is 0 Å². The first-order valence-corrected chi connectivity index (χ1v) is 10.3. The number of phenols is 1. The van der Waals surface area contributed by atoms with Gasteiger partial charge < -0.3 is 5.11 Å². The van der Waals surface area contributed by atoms with Gasteiger partial charge in [-0.3, -0.25) is 24.4 Å². The van der Waals surface area contributed by atoms with E-state index in [1.165, 1.54) is 6.08 Å². The van der Waals surface area contributed by atoms with Gasteiger partial charge in [0.25, 0.3) is 11.8 Å². The van der Waals surface area contributed by atoms with Crippen molar-refractivity contribution in [3.8, 4) is 5.75 Å². The van der Waals surface area contributed by atoms with Gasteiger partial charge in [-0.1, -0.05) is 29.8 Å². The Morgan fingerprint density at radius 3 is 2.52 bits per heavy atom. The average Bonchev–Trinajstić information content (AvgIpc) is 2.97. The zero-order valence-corrected chi connectivity index (χ0v) is 17.1. The molecule has 7 heteroatoms. The van der Waals surface area contributed by atoms with Gasteiger partial charge in [0.15, 0.2) is 11.6 Å². The third kappa shape index (κ3) is 2.56. The SMILES string of the molecule is CC1=CC(=O)C2=C(C[C@@H]3C(=CC[C@@H]4C(=O)N(O)C(=O)[C@@H]43)[C@@H]2c2cccc(C)c2O)C1=O. The lowest BCUT2D eigenvalue weighted by atomic mass is 9.59. The van der Waals surface area contributed by atoms with Gasteiger partial charge in [0.2, 0.25) is 0 Å². The second-order valence-electron chi connectivity index (χ2n) is 8.73. The monoisotopic (exact) mass is 419 g/mol. The Morgan fingerprint density at radius 2 is 1.77 bits per heavy atom. The Morgan fingerprint density at radius 1 is 1.03 bits per heavy atom. The molecule has 1 saturated heterocycles. The maximum atomic E-state index is 13.1. The number of hydrogen-bond donors (Lipinski definition) is 2. The van der Waals surface area contributed by atoms with Crippen LogP contribution in [-0.2, 0) is 19.2 Å². The number of benzene rings is 1. The number of aryl methyl sites for hydroxylation is 1. The van der Waals surface area contributed by atoms with Crippen molar-refractivity contribution in [2.45, 2.75) is 32.6 Å². The van der Waals surface area contributed by atoms with E-state index in [0.717, 1.165) is 5.57 Å². The third-order valence-corrected chi connectivity index (χ3v) is 7.12. The number of rotatable bonds is 1. The van der Waals surface area contributed by atoms with Crippen LogP contribution in [0.5, 0.6) is 5.75 Å². The molecular formula is C24H21NO6. The Labute approximate surface area is 178 Å². The van der Waals surface area contributed by atoms with Crippen LogP contribution in [0.25, 0.3) is 0 Å². The minimum atomic E-state index is -0.796. The number of para-hydroxylation sites is 1. The first-order valence-electron chi connectivity index (χ1n) is 10.3.